The minimum atomic E-state index is 0.874. The van der Waals surface area contributed by atoms with E-state index in [9.17, 15) is 0 Å². The van der Waals surface area contributed by atoms with Crippen LogP contribution in [0.2, 0.25) is 0 Å². The third-order valence-corrected chi connectivity index (χ3v) is 3.55. The van der Waals surface area contributed by atoms with Crippen molar-refractivity contribution in [2.45, 2.75) is 33.1 Å². The third-order valence-electron chi connectivity index (χ3n) is 2.35. The Labute approximate surface area is 108 Å². The van der Waals surface area contributed by atoms with Crippen molar-refractivity contribution in [1.82, 2.24) is 15.6 Å². The summed E-state index contributed by atoms with van der Waals surface area (Å²) in [4.78, 5) is 9.90. The minimum Gasteiger partial charge on any atom is -0.356 e. The zero-order valence-electron chi connectivity index (χ0n) is 10.9. The van der Waals surface area contributed by atoms with E-state index in [4.69, 9.17) is 0 Å². The van der Waals surface area contributed by atoms with Gasteiger partial charge in [-0.05, 0) is 12.8 Å². The summed E-state index contributed by atoms with van der Waals surface area (Å²) in [6, 6.07) is 0. The molecule has 1 rings (SSSR count). The quantitative estimate of drug-likeness (QED) is 0.601. The Bertz CT molecular complexity index is 346. The Hall–Kier alpha value is -1.10. The molecule has 0 fully saturated rings. The molecular weight excluding hydrogens is 232 g/mol. The van der Waals surface area contributed by atoms with E-state index >= 15 is 0 Å². The highest BCUT2D eigenvalue weighted by Crippen LogP contribution is 2.13. The first-order chi connectivity index (χ1) is 8.30. The van der Waals surface area contributed by atoms with Crippen molar-refractivity contribution in [1.29, 1.82) is 0 Å². The Morgan fingerprint density at radius 3 is 2.71 bits per heavy atom. The van der Waals surface area contributed by atoms with Gasteiger partial charge >= 0.3 is 0 Å². The predicted octanol–water partition coefficient (Wildman–Crippen LogP) is 1.82. The fourth-order valence-corrected chi connectivity index (χ4v) is 2.24. The maximum Gasteiger partial charge on any atom is 0.190 e. The van der Waals surface area contributed by atoms with Crippen molar-refractivity contribution < 1.29 is 0 Å². The zero-order chi connectivity index (χ0) is 12.5. The Morgan fingerprint density at radius 1 is 1.35 bits per heavy atom. The second-order valence-corrected chi connectivity index (χ2v) is 4.95. The van der Waals surface area contributed by atoms with Crippen LogP contribution in [0.5, 0.6) is 0 Å². The summed E-state index contributed by atoms with van der Waals surface area (Å²) in [5.74, 6) is 0.874. The second kappa shape index (κ2) is 8.06. The number of nitrogens with one attached hydrogen (secondary N) is 2. The first-order valence-electron chi connectivity index (χ1n) is 6.18. The molecule has 0 aliphatic rings. The van der Waals surface area contributed by atoms with E-state index in [1.165, 1.54) is 9.88 Å². The van der Waals surface area contributed by atoms with Crippen LogP contribution in [-0.2, 0) is 12.8 Å². The first-order valence-corrected chi connectivity index (χ1v) is 6.99. The lowest BCUT2D eigenvalue weighted by molar-refractivity contribution is 0.772. The Kier molecular flexibility index (Phi) is 6.62. The highest BCUT2D eigenvalue weighted by molar-refractivity contribution is 7.11. The summed E-state index contributed by atoms with van der Waals surface area (Å²) >= 11 is 1.80. The van der Waals surface area contributed by atoms with Crippen molar-refractivity contribution in [3.63, 3.8) is 0 Å². The van der Waals surface area contributed by atoms with Crippen molar-refractivity contribution in [2.75, 3.05) is 20.1 Å². The highest BCUT2D eigenvalue weighted by atomic mass is 32.1. The van der Waals surface area contributed by atoms with Gasteiger partial charge in [-0.2, -0.15) is 0 Å². The molecule has 0 amide bonds. The minimum absolute atomic E-state index is 0.874. The van der Waals surface area contributed by atoms with Crippen LogP contribution in [0.15, 0.2) is 11.2 Å². The van der Waals surface area contributed by atoms with Gasteiger partial charge in [-0.15, -0.1) is 11.3 Å². The number of rotatable bonds is 6. The molecule has 0 saturated carbocycles. The van der Waals surface area contributed by atoms with E-state index in [1.807, 2.05) is 6.20 Å². The van der Waals surface area contributed by atoms with Crippen molar-refractivity contribution in [3.05, 3.63) is 16.1 Å². The van der Waals surface area contributed by atoms with Gasteiger partial charge in [0.05, 0.1) is 5.01 Å². The fourth-order valence-electron chi connectivity index (χ4n) is 1.38. The van der Waals surface area contributed by atoms with Gasteiger partial charge in [0.1, 0.15) is 0 Å². The molecule has 1 heterocycles. The number of aryl methyl sites for hydroxylation is 1. The van der Waals surface area contributed by atoms with Crippen LogP contribution in [0.1, 0.15) is 30.2 Å². The van der Waals surface area contributed by atoms with E-state index < -0.39 is 0 Å². The molecule has 4 nitrogen and oxygen atoms in total. The number of thiazole rings is 1. The van der Waals surface area contributed by atoms with Crippen molar-refractivity contribution >= 4 is 17.3 Å². The molecular formula is C12H22N4S. The molecule has 1 aromatic rings. The largest absolute Gasteiger partial charge is 0.356 e. The molecule has 0 bridgehead atoms. The zero-order valence-corrected chi connectivity index (χ0v) is 11.7. The van der Waals surface area contributed by atoms with Crippen LogP contribution >= 0.6 is 11.3 Å². The molecule has 0 aliphatic heterocycles. The topological polar surface area (TPSA) is 49.3 Å². The number of nitrogens with zero attached hydrogens (tertiary/aromatic N) is 2. The van der Waals surface area contributed by atoms with E-state index in [-0.39, 0.29) is 0 Å². The lowest BCUT2D eigenvalue weighted by Crippen LogP contribution is -2.38. The van der Waals surface area contributed by atoms with E-state index in [0.29, 0.717) is 0 Å². The summed E-state index contributed by atoms with van der Waals surface area (Å²) in [6.07, 6.45) is 5.11. The predicted molar refractivity (Wildman–Crippen MR) is 74.9 cm³/mol. The van der Waals surface area contributed by atoms with E-state index in [0.717, 1.165) is 38.3 Å². The molecule has 0 saturated heterocycles. The molecule has 0 radical (unpaired) electrons. The normalized spacial score (nSPS) is 11.6. The molecule has 96 valence electrons. The standard InChI is InChI=1S/C12H22N4S/c1-4-7-14-12(13-3)15-8-6-11-16-9-10(5-2)17-11/h9H,4-8H2,1-3H3,(H2,13,14,15). The monoisotopic (exact) mass is 254 g/mol. The van der Waals surface area contributed by atoms with E-state index in [2.05, 4.69) is 34.5 Å². The van der Waals surface area contributed by atoms with Crippen molar-refractivity contribution in [2.24, 2.45) is 4.99 Å². The molecule has 5 heteroatoms. The Morgan fingerprint density at radius 2 is 2.12 bits per heavy atom. The number of hydrogen-bond acceptors (Lipinski definition) is 3. The molecule has 17 heavy (non-hydrogen) atoms. The summed E-state index contributed by atoms with van der Waals surface area (Å²) in [7, 11) is 1.80. The van der Waals surface area contributed by atoms with E-state index in [1.54, 1.807) is 18.4 Å². The van der Waals surface area contributed by atoms with Gasteiger partial charge in [0.25, 0.3) is 0 Å². The summed E-state index contributed by atoms with van der Waals surface area (Å²) < 4.78 is 0. The Balaban J connectivity index is 2.26. The van der Waals surface area contributed by atoms with Crippen LogP contribution in [0.25, 0.3) is 0 Å². The van der Waals surface area contributed by atoms with Crippen LogP contribution in [0.3, 0.4) is 0 Å². The maximum absolute atomic E-state index is 4.39. The third kappa shape index (κ3) is 5.17. The van der Waals surface area contributed by atoms with Crippen LogP contribution in [-0.4, -0.2) is 31.1 Å². The molecule has 0 aliphatic carbocycles. The average Bonchev–Trinajstić information content (AvgIpc) is 2.81. The summed E-state index contributed by atoms with van der Waals surface area (Å²) in [5, 5.41) is 7.72. The maximum atomic E-state index is 4.39. The lowest BCUT2D eigenvalue weighted by atomic mass is 10.4. The molecule has 1 aromatic heterocycles. The molecule has 2 N–H and O–H groups in total. The van der Waals surface area contributed by atoms with Gasteiger partial charge < -0.3 is 10.6 Å². The average molecular weight is 254 g/mol. The summed E-state index contributed by atoms with van der Waals surface area (Å²) in [6.45, 7) is 6.13. The molecule has 0 unspecified atom stereocenters. The highest BCUT2D eigenvalue weighted by Gasteiger charge is 2.01. The number of hydrogen-bond donors (Lipinski definition) is 2. The smallest absolute Gasteiger partial charge is 0.190 e. The lowest BCUT2D eigenvalue weighted by Gasteiger charge is -2.09. The van der Waals surface area contributed by atoms with Gasteiger partial charge in [-0.3, -0.25) is 4.99 Å². The van der Waals surface area contributed by atoms with Crippen LogP contribution < -0.4 is 10.6 Å². The van der Waals surface area contributed by atoms with Crippen LogP contribution in [0, 0.1) is 0 Å². The second-order valence-electron chi connectivity index (χ2n) is 3.75. The van der Waals surface area contributed by atoms with Gasteiger partial charge in [0.15, 0.2) is 5.96 Å². The number of guanidine groups is 1. The molecule has 0 spiro atoms. The SMILES string of the molecule is CCCNC(=NC)NCCc1ncc(CC)s1. The number of aromatic nitrogens is 1. The van der Waals surface area contributed by atoms with Gasteiger partial charge in [-0.1, -0.05) is 13.8 Å². The van der Waals surface area contributed by atoms with Crippen LogP contribution in [0.4, 0.5) is 0 Å². The number of aliphatic imine (C=N–C) groups is 1. The van der Waals surface area contributed by atoms with Crippen molar-refractivity contribution in [3.8, 4) is 0 Å². The summed E-state index contributed by atoms with van der Waals surface area (Å²) in [5.41, 5.74) is 0. The molecule has 0 aromatic carbocycles. The molecule has 0 atom stereocenters. The fraction of sp³-hybridized carbons (Fsp3) is 0.667. The van der Waals surface area contributed by atoms with Gasteiger partial charge in [0, 0.05) is 37.6 Å². The van der Waals surface area contributed by atoms with Gasteiger partial charge in [0.2, 0.25) is 0 Å². The van der Waals surface area contributed by atoms with Gasteiger partial charge in [-0.25, -0.2) is 4.98 Å². The first kappa shape index (κ1) is 14.0.